The van der Waals surface area contributed by atoms with Gasteiger partial charge >= 0.3 is 11.7 Å². The fourth-order valence-corrected chi connectivity index (χ4v) is 3.31. The summed E-state index contributed by atoms with van der Waals surface area (Å²) in [6.45, 7) is 6.65. The van der Waals surface area contributed by atoms with Crippen molar-refractivity contribution in [2.75, 3.05) is 6.61 Å². The van der Waals surface area contributed by atoms with Crippen LogP contribution in [0.1, 0.15) is 53.5 Å². The molecule has 4 heteroatoms. The highest BCUT2D eigenvalue weighted by Gasteiger charge is 2.26. The maximum Gasteiger partial charge on any atom is 0.335 e. The van der Waals surface area contributed by atoms with E-state index in [0.717, 1.165) is 47.2 Å². The molecule has 0 fully saturated rings. The van der Waals surface area contributed by atoms with E-state index in [-0.39, 0.29) is 0 Å². The van der Waals surface area contributed by atoms with Crippen molar-refractivity contribution in [2.45, 2.75) is 46.5 Å². The first-order chi connectivity index (χ1) is 11.6. The zero-order valence-electron chi connectivity index (χ0n) is 14.6. The summed E-state index contributed by atoms with van der Waals surface area (Å²) in [4.78, 5) is 4.49. The fraction of sp³-hybridized carbons (Fsp3) is 0.400. The third-order valence-electron chi connectivity index (χ3n) is 4.59. The molecule has 0 bridgehead atoms. The highest BCUT2D eigenvalue weighted by Crippen LogP contribution is 2.26. The minimum Gasteiger partial charge on any atom is -0.710 e. The lowest BCUT2D eigenvalue weighted by Crippen LogP contribution is -2.39. The number of benzene rings is 1. The van der Waals surface area contributed by atoms with Crippen LogP contribution in [-0.2, 0) is 12.8 Å². The molecule has 4 nitrogen and oxygen atoms in total. The SMILES string of the molecule is CCOc1nc(/C=C/c2c(C)cccc2C)[n+]([O-])c2c1CCCC2. The van der Waals surface area contributed by atoms with Gasteiger partial charge < -0.3 is 9.94 Å². The summed E-state index contributed by atoms with van der Waals surface area (Å²) in [6, 6.07) is 6.19. The summed E-state index contributed by atoms with van der Waals surface area (Å²) in [5.41, 5.74) is 5.32. The van der Waals surface area contributed by atoms with Crippen molar-refractivity contribution >= 4 is 12.2 Å². The summed E-state index contributed by atoms with van der Waals surface area (Å²) < 4.78 is 6.69. The van der Waals surface area contributed by atoms with Crippen LogP contribution in [0.25, 0.3) is 12.2 Å². The number of aromatic nitrogens is 2. The molecule has 0 amide bonds. The Bertz CT molecular complexity index is 761. The lowest BCUT2D eigenvalue weighted by Gasteiger charge is -2.19. The number of aryl methyl sites for hydroxylation is 2. The van der Waals surface area contributed by atoms with Gasteiger partial charge in [-0.3, -0.25) is 0 Å². The molecule has 0 radical (unpaired) electrons. The first-order valence-electron chi connectivity index (χ1n) is 8.64. The maximum absolute atomic E-state index is 12.7. The van der Waals surface area contributed by atoms with E-state index in [4.69, 9.17) is 4.74 Å². The molecule has 0 atom stereocenters. The Kier molecular flexibility index (Phi) is 4.84. The Morgan fingerprint density at radius 1 is 1.17 bits per heavy atom. The summed E-state index contributed by atoms with van der Waals surface area (Å²) in [7, 11) is 0. The van der Waals surface area contributed by atoms with Crippen LogP contribution in [0.2, 0.25) is 0 Å². The Labute approximate surface area is 143 Å². The topological polar surface area (TPSA) is 49.1 Å². The molecule has 1 aliphatic carbocycles. The van der Waals surface area contributed by atoms with E-state index in [1.807, 2.05) is 19.1 Å². The summed E-state index contributed by atoms with van der Waals surface area (Å²) in [5.74, 6) is 1.03. The van der Waals surface area contributed by atoms with Gasteiger partial charge in [0.2, 0.25) is 0 Å². The summed E-state index contributed by atoms with van der Waals surface area (Å²) in [5, 5.41) is 12.7. The minimum atomic E-state index is 0.404. The van der Waals surface area contributed by atoms with Crippen molar-refractivity contribution in [1.82, 2.24) is 4.98 Å². The van der Waals surface area contributed by atoms with E-state index in [1.54, 1.807) is 6.08 Å². The highest BCUT2D eigenvalue weighted by molar-refractivity contribution is 5.69. The van der Waals surface area contributed by atoms with Gasteiger partial charge in [-0.05, 0) is 67.8 Å². The van der Waals surface area contributed by atoms with Gasteiger partial charge in [-0.1, -0.05) is 18.2 Å². The molecule has 2 aromatic rings. The van der Waals surface area contributed by atoms with E-state index in [1.165, 1.54) is 11.1 Å². The van der Waals surface area contributed by atoms with Crippen molar-refractivity contribution in [1.29, 1.82) is 0 Å². The van der Waals surface area contributed by atoms with Crippen molar-refractivity contribution in [3.8, 4) is 5.88 Å². The third-order valence-corrected chi connectivity index (χ3v) is 4.59. The molecule has 0 saturated carbocycles. The van der Waals surface area contributed by atoms with Gasteiger partial charge in [-0.25, -0.2) is 4.73 Å². The molecule has 0 aliphatic heterocycles. The second kappa shape index (κ2) is 7.04. The smallest absolute Gasteiger partial charge is 0.335 e. The number of fused-ring (bicyclic) bond motifs is 1. The van der Waals surface area contributed by atoms with Crippen molar-refractivity contribution in [3.05, 3.63) is 57.2 Å². The molecule has 0 saturated heterocycles. The molecule has 1 aliphatic rings. The Balaban J connectivity index is 2.04. The maximum atomic E-state index is 12.7. The Morgan fingerprint density at radius 2 is 1.88 bits per heavy atom. The second-order valence-electron chi connectivity index (χ2n) is 6.27. The Hall–Kier alpha value is -2.36. The molecular weight excluding hydrogens is 300 g/mol. The third kappa shape index (κ3) is 3.14. The molecule has 1 aromatic heterocycles. The van der Waals surface area contributed by atoms with Crippen molar-refractivity contribution < 1.29 is 9.47 Å². The number of rotatable bonds is 4. The predicted octanol–water partition coefficient (Wildman–Crippen LogP) is 3.78. The van der Waals surface area contributed by atoms with Gasteiger partial charge in [-0.2, -0.15) is 0 Å². The van der Waals surface area contributed by atoms with Crippen LogP contribution in [0, 0.1) is 19.1 Å². The standard InChI is InChI=1S/C20H24N2O2/c1-4-24-20-17-10-5-6-11-18(17)22(23)19(21-20)13-12-16-14(2)8-7-9-15(16)3/h7-9,12-13H,4-6,10-11H2,1-3H3/b13-12+. The van der Waals surface area contributed by atoms with Crippen LogP contribution in [0.15, 0.2) is 18.2 Å². The normalized spacial score (nSPS) is 14.0. The van der Waals surface area contributed by atoms with E-state index in [0.29, 0.717) is 18.3 Å². The van der Waals surface area contributed by atoms with Crippen LogP contribution >= 0.6 is 0 Å². The quantitative estimate of drug-likeness (QED) is 0.635. The average Bonchev–Trinajstić information content (AvgIpc) is 2.58. The van der Waals surface area contributed by atoms with Gasteiger partial charge in [-0.15, -0.1) is 0 Å². The molecule has 0 unspecified atom stereocenters. The summed E-state index contributed by atoms with van der Waals surface area (Å²) in [6.07, 6.45) is 7.59. The Morgan fingerprint density at radius 3 is 2.58 bits per heavy atom. The van der Waals surface area contributed by atoms with Crippen LogP contribution < -0.4 is 9.47 Å². The van der Waals surface area contributed by atoms with Gasteiger partial charge in [0.25, 0.3) is 0 Å². The van der Waals surface area contributed by atoms with Crippen molar-refractivity contribution in [2.24, 2.45) is 0 Å². The first-order valence-corrected chi connectivity index (χ1v) is 8.64. The number of ether oxygens (including phenoxy) is 1. The lowest BCUT2D eigenvalue weighted by atomic mass is 9.96. The molecule has 3 rings (SSSR count). The largest absolute Gasteiger partial charge is 0.710 e. The van der Waals surface area contributed by atoms with E-state index in [2.05, 4.69) is 31.0 Å². The van der Waals surface area contributed by atoms with Crippen LogP contribution in [-0.4, -0.2) is 11.6 Å². The fourth-order valence-electron chi connectivity index (χ4n) is 3.31. The van der Waals surface area contributed by atoms with Gasteiger partial charge in [0.15, 0.2) is 0 Å². The number of hydrogen-bond donors (Lipinski definition) is 0. The summed E-state index contributed by atoms with van der Waals surface area (Å²) >= 11 is 0. The first kappa shape index (κ1) is 16.5. The molecule has 1 heterocycles. The van der Waals surface area contributed by atoms with E-state index < -0.39 is 0 Å². The second-order valence-corrected chi connectivity index (χ2v) is 6.27. The predicted molar refractivity (Wildman–Crippen MR) is 95.9 cm³/mol. The monoisotopic (exact) mass is 324 g/mol. The number of hydrogen-bond acceptors (Lipinski definition) is 3. The van der Waals surface area contributed by atoms with Gasteiger partial charge in [0.05, 0.1) is 12.2 Å². The molecule has 126 valence electrons. The van der Waals surface area contributed by atoms with Gasteiger partial charge in [0, 0.05) is 12.5 Å². The van der Waals surface area contributed by atoms with E-state index in [9.17, 15) is 5.21 Å². The van der Waals surface area contributed by atoms with Crippen molar-refractivity contribution in [3.63, 3.8) is 0 Å². The zero-order chi connectivity index (χ0) is 17.1. The van der Waals surface area contributed by atoms with Gasteiger partial charge in [0.1, 0.15) is 5.69 Å². The number of nitrogens with zero attached hydrogens (tertiary/aromatic N) is 2. The van der Waals surface area contributed by atoms with Crippen LogP contribution in [0.3, 0.4) is 0 Å². The molecule has 24 heavy (non-hydrogen) atoms. The average molecular weight is 324 g/mol. The van der Waals surface area contributed by atoms with E-state index >= 15 is 0 Å². The van der Waals surface area contributed by atoms with Crippen LogP contribution in [0.4, 0.5) is 0 Å². The highest BCUT2D eigenvalue weighted by atomic mass is 16.5. The molecular formula is C20H24N2O2. The molecule has 1 aromatic carbocycles. The lowest BCUT2D eigenvalue weighted by molar-refractivity contribution is -0.620. The zero-order valence-corrected chi connectivity index (χ0v) is 14.6. The minimum absolute atomic E-state index is 0.404. The van der Waals surface area contributed by atoms with Crippen LogP contribution in [0.5, 0.6) is 5.88 Å². The molecule has 0 N–H and O–H groups in total. The molecule has 0 spiro atoms.